The molecule has 0 amide bonds. The number of fused-ring (bicyclic) bond motifs is 1. The second kappa shape index (κ2) is 3.96. The van der Waals surface area contributed by atoms with E-state index in [1.54, 1.807) is 12.1 Å². The summed E-state index contributed by atoms with van der Waals surface area (Å²) in [5.41, 5.74) is 0.586. The molecule has 0 bridgehead atoms. The number of hydrogen-bond donors (Lipinski definition) is 0. The highest BCUT2D eigenvalue weighted by atomic mass is 35.5. The number of nitrogens with zero attached hydrogens (tertiary/aromatic N) is 2. The lowest BCUT2D eigenvalue weighted by atomic mass is 10.2. The second-order valence-corrected chi connectivity index (χ2v) is 2.41. The molecule has 0 unspecified atom stereocenters. The SMILES string of the molecule is O=c1ccnnc2ccccc12.[Cl-]. The van der Waals surface area contributed by atoms with Crippen molar-refractivity contribution in [1.29, 1.82) is 0 Å². The fourth-order valence-electron chi connectivity index (χ4n) is 1.06. The van der Waals surface area contributed by atoms with Crippen molar-refractivity contribution in [3.05, 3.63) is 46.8 Å². The van der Waals surface area contributed by atoms with E-state index in [2.05, 4.69) is 10.2 Å². The monoisotopic (exact) mass is 193 g/mol. The maximum Gasteiger partial charge on any atom is 0.189 e. The molecule has 13 heavy (non-hydrogen) atoms. The van der Waals surface area contributed by atoms with E-state index in [1.165, 1.54) is 12.3 Å². The van der Waals surface area contributed by atoms with E-state index in [-0.39, 0.29) is 17.8 Å². The highest BCUT2D eigenvalue weighted by Gasteiger charge is 1.93. The Bertz CT molecular complexity index is 473. The zero-order chi connectivity index (χ0) is 8.39. The van der Waals surface area contributed by atoms with E-state index in [0.29, 0.717) is 10.9 Å². The minimum absolute atomic E-state index is 0. The molecule has 0 radical (unpaired) electrons. The Kier molecular flexibility index (Phi) is 2.93. The van der Waals surface area contributed by atoms with E-state index >= 15 is 0 Å². The lowest BCUT2D eigenvalue weighted by molar-refractivity contribution is -0.00000250. The molecule has 0 aliphatic carbocycles. The van der Waals surface area contributed by atoms with Crippen LogP contribution in [0.3, 0.4) is 0 Å². The van der Waals surface area contributed by atoms with Crippen LogP contribution in [0, 0.1) is 0 Å². The number of aromatic nitrogens is 2. The van der Waals surface area contributed by atoms with E-state index in [4.69, 9.17) is 0 Å². The molecule has 1 heterocycles. The molecule has 1 aromatic heterocycles. The second-order valence-electron chi connectivity index (χ2n) is 2.41. The third kappa shape index (κ3) is 1.81. The summed E-state index contributed by atoms with van der Waals surface area (Å²) in [7, 11) is 0. The molecule has 0 saturated heterocycles. The van der Waals surface area contributed by atoms with Crippen LogP contribution < -0.4 is 17.8 Å². The maximum absolute atomic E-state index is 11.3. The normalized spacial score (nSPS) is 9.23. The average molecular weight is 194 g/mol. The summed E-state index contributed by atoms with van der Waals surface area (Å²) in [6.07, 6.45) is 1.41. The van der Waals surface area contributed by atoms with Gasteiger partial charge in [0.2, 0.25) is 0 Å². The van der Waals surface area contributed by atoms with Crippen molar-refractivity contribution in [3.63, 3.8) is 0 Å². The van der Waals surface area contributed by atoms with Crippen LogP contribution in [0.15, 0.2) is 41.3 Å². The van der Waals surface area contributed by atoms with Crippen LogP contribution >= 0.6 is 0 Å². The molecule has 0 fully saturated rings. The van der Waals surface area contributed by atoms with Gasteiger partial charge in [0.15, 0.2) is 5.43 Å². The van der Waals surface area contributed by atoms with Gasteiger partial charge in [0.25, 0.3) is 0 Å². The summed E-state index contributed by atoms with van der Waals surface area (Å²) in [6.45, 7) is 0. The minimum Gasteiger partial charge on any atom is -1.00 e. The maximum atomic E-state index is 11.3. The molecule has 2 aromatic rings. The van der Waals surface area contributed by atoms with Gasteiger partial charge in [0, 0.05) is 11.5 Å². The minimum atomic E-state index is -0.0457. The smallest absolute Gasteiger partial charge is 0.189 e. The Morgan fingerprint density at radius 2 is 1.85 bits per heavy atom. The molecule has 0 aliphatic heterocycles. The van der Waals surface area contributed by atoms with E-state index in [0.717, 1.165) is 0 Å². The molecule has 0 saturated carbocycles. The fraction of sp³-hybridized carbons (Fsp3) is 0. The van der Waals surface area contributed by atoms with Crippen molar-refractivity contribution in [3.8, 4) is 0 Å². The largest absolute Gasteiger partial charge is 1.00 e. The van der Waals surface area contributed by atoms with Gasteiger partial charge in [-0.1, -0.05) is 12.1 Å². The van der Waals surface area contributed by atoms with Gasteiger partial charge in [-0.25, -0.2) is 0 Å². The van der Waals surface area contributed by atoms with E-state index in [9.17, 15) is 4.79 Å². The summed E-state index contributed by atoms with van der Waals surface area (Å²) >= 11 is 0. The van der Waals surface area contributed by atoms with Gasteiger partial charge in [-0.2, -0.15) is 10.2 Å². The zero-order valence-corrected chi connectivity index (χ0v) is 7.40. The molecule has 0 atom stereocenters. The molecular formula is C9H6ClN2O-. The number of halogens is 1. The van der Waals surface area contributed by atoms with Gasteiger partial charge in [-0.15, -0.1) is 0 Å². The Morgan fingerprint density at radius 1 is 1.08 bits per heavy atom. The molecule has 0 N–H and O–H groups in total. The number of rotatable bonds is 0. The third-order valence-corrected chi connectivity index (χ3v) is 1.63. The van der Waals surface area contributed by atoms with E-state index < -0.39 is 0 Å². The first-order chi connectivity index (χ1) is 5.88. The Hall–Kier alpha value is -1.48. The topological polar surface area (TPSA) is 42.9 Å². The lowest BCUT2D eigenvalue weighted by Crippen LogP contribution is -3.00. The third-order valence-electron chi connectivity index (χ3n) is 1.63. The molecule has 66 valence electrons. The first kappa shape index (κ1) is 9.61. The molecule has 2 rings (SSSR count). The summed E-state index contributed by atoms with van der Waals surface area (Å²) in [5, 5.41) is 8.15. The molecule has 4 heteroatoms. The molecular weight excluding hydrogens is 188 g/mol. The predicted octanol–water partition coefficient (Wildman–Crippen LogP) is -2.01. The standard InChI is InChI=1S/C9H6N2O.ClH/c12-9-5-6-10-11-8-4-2-1-3-7(8)9;/h1-6H;1H/p-1. The van der Waals surface area contributed by atoms with Gasteiger partial charge in [-0.05, 0) is 12.1 Å². The first-order valence-corrected chi connectivity index (χ1v) is 3.59. The number of benzene rings is 1. The van der Waals surface area contributed by atoms with Crippen LogP contribution in [0.1, 0.15) is 0 Å². The van der Waals surface area contributed by atoms with Crippen LogP contribution in [-0.4, -0.2) is 10.2 Å². The Morgan fingerprint density at radius 3 is 2.69 bits per heavy atom. The van der Waals surface area contributed by atoms with Crippen molar-refractivity contribution >= 4 is 10.9 Å². The van der Waals surface area contributed by atoms with Crippen LogP contribution in [0.2, 0.25) is 0 Å². The fourth-order valence-corrected chi connectivity index (χ4v) is 1.06. The van der Waals surface area contributed by atoms with Gasteiger partial charge < -0.3 is 12.4 Å². The van der Waals surface area contributed by atoms with Crippen LogP contribution in [0.4, 0.5) is 0 Å². The van der Waals surface area contributed by atoms with E-state index in [1.807, 2.05) is 12.1 Å². The highest BCUT2D eigenvalue weighted by Crippen LogP contribution is 2.01. The Labute approximate surface area is 80.8 Å². The predicted molar refractivity (Wildman–Crippen MR) is 45.8 cm³/mol. The van der Waals surface area contributed by atoms with Crippen LogP contribution in [0.5, 0.6) is 0 Å². The van der Waals surface area contributed by atoms with Crippen LogP contribution in [0.25, 0.3) is 10.9 Å². The first-order valence-electron chi connectivity index (χ1n) is 3.59. The zero-order valence-electron chi connectivity index (χ0n) is 6.64. The van der Waals surface area contributed by atoms with Gasteiger partial charge >= 0.3 is 0 Å². The van der Waals surface area contributed by atoms with Crippen molar-refractivity contribution in [1.82, 2.24) is 10.2 Å². The molecule has 3 nitrogen and oxygen atoms in total. The summed E-state index contributed by atoms with van der Waals surface area (Å²) in [5.74, 6) is 0. The molecule has 1 aromatic carbocycles. The molecule has 0 spiro atoms. The van der Waals surface area contributed by atoms with Crippen molar-refractivity contribution in [2.45, 2.75) is 0 Å². The number of hydrogen-bond acceptors (Lipinski definition) is 3. The van der Waals surface area contributed by atoms with Gasteiger partial charge in [-0.3, -0.25) is 4.79 Å². The Balaban J connectivity index is 0.000000845. The lowest BCUT2D eigenvalue weighted by Gasteiger charge is -1.84. The van der Waals surface area contributed by atoms with Gasteiger partial charge in [0.05, 0.1) is 11.7 Å². The highest BCUT2D eigenvalue weighted by molar-refractivity contribution is 5.76. The summed E-state index contributed by atoms with van der Waals surface area (Å²) in [4.78, 5) is 11.3. The van der Waals surface area contributed by atoms with Gasteiger partial charge in [0.1, 0.15) is 0 Å². The van der Waals surface area contributed by atoms with Crippen LogP contribution in [-0.2, 0) is 0 Å². The molecule has 0 aliphatic rings. The summed E-state index contributed by atoms with van der Waals surface area (Å²) in [6, 6.07) is 8.56. The average Bonchev–Trinajstić information content (AvgIpc) is 2.29. The summed E-state index contributed by atoms with van der Waals surface area (Å²) < 4.78 is 0. The quantitative estimate of drug-likeness (QED) is 0.486. The van der Waals surface area contributed by atoms with Crippen molar-refractivity contribution in [2.24, 2.45) is 0 Å². The van der Waals surface area contributed by atoms with Crippen molar-refractivity contribution < 1.29 is 12.4 Å². The van der Waals surface area contributed by atoms with Crippen molar-refractivity contribution in [2.75, 3.05) is 0 Å².